The van der Waals surface area contributed by atoms with Crippen LogP contribution < -0.4 is 0 Å². The number of aliphatic imine (C=N–C) groups is 1. The van der Waals surface area contributed by atoms with Crippen LogP contribution in [0.3, 0.4) is 0 Å². The second-order valence-electron chi connectivity index (χ2n) is 3.53. The standard InChI is InChI=1S/C8H16N2O2S/c1-9-7-5-4-6-8(7)10(2)13(3,11)12/h7-8H,1,4-6H2,2-3H3. The van der Waals surface area contributed by atoms with E-state index >= 15 is 0 Å². The lowest BCUT2D eigenvalue weighted by molar-refractivity contribution is 0.350. The van der Waals surface area contributed by atoms with Crippen molar-refractivity contribution in [3.8, 4) is 0 Å². The van der Waals surface area contributed by atoms with E-state index in [-0.39, 0.29) is 12.1 Å². The van der Waals surface area contributed by atoms with Crippen molar-refractivity contribution in [3.05, 3.63) is 0 Å². The zero-order valence-corrected chi connectivity index (χ0v) is 8.92. The Morgan fingerprint density at radius 2 is 2.08 bits per heavy atom. The van der Waals surface area contributed by atoms with Gasteiger partial charge in [-0.05, 0) is 26.0 Å². The molecule has 1 aliphatic carbocycles. The van der Waals surface area contributed by atoms with Crippen molar-refractivity contribution < 1.29 is 8.42 Å². The van der Waals surface area contributed by atoms with Gasteiger partial charge in [0.15, 0.2) is 0 Å². The number of sulfonamides is 1. The second kappa shape index (κ2) is 3.75. The van der Waals surface area contributed by atoms with Gasteiger partial charge in [0.2, 0.25) is 10.0 Å². The van der Waals surface area contributed by atoms with Gasteiger partial charge in [0.1, 0.15) is 0 Å². The molecule has 1 fully saturated rings. The third-order valence-corrected chi connectivity index (χ3v) is 3.99. The van der Waals surface area contributed by atoms with Crippen LogP contribution in [0, 0.1) is 0 Å². The summed E-state index contributed by atoms with van der Waals surface area (Å²) in [5.74, 6) is 0. The predicted octanol–water partition coefficient (Wildman–Crippen LogP) is 0.500. The van der Waals surface area contributed by atoms with Crippen molar-refractivity contribution in [2.75, 3.05) is 13.3 Å². The van der Waals surface area contributed by atoms with Crippen molar-refractivity contribution in [1.82, 2.24) is 4.31 Å². The third kappa shape index (κ3) is 2.28. The van der Waals surface area contributed by atoms with E-state index in [0.29, 0.717) is 0 Å². The summed E-state index contributed by atoms with van der Waals surface area (Å²) in [4.78, 5) is 3.95. The molecule has 1 saturated carbocycles. The van der Waals surface area contributed by atoms with E-state index in [1.54, 1.807) is 7.05 Å². The van der Waals surface area contributed by atoms with Crippen molar-refractivity contribution in [2.24, 2.45) is 4.99 Å². The Kier molecular flexibility index (Phi) is 3.08. The van der Waals surface area contributed by atoms with Crippen LogP contribution in [0.1, 0.15) is 19.3 Å². The van der Waals surface area contributed by atoms with Gasteiger partial charge in [-0.3, -0.25) is 4.99 Å². The molecule has 0 spiro atoms. The minimum atomic E-state index is -3.08. The van der Waals surface area contributed by atoms with Gasteiger partial charge in [-0.25, -0.2) is 12.7 Å². The van der Waals surface area contributed by atoms with Crippen molar-refractivity contribution in [2.45, 2.75) is 31.3 Å². The number of rotatable bonds is 3. The first kappa shape index (κ1) is 10.7. The quantitative estimate of drug-likeness (QED) is 0.629. The monoisotopic (exact) mass is 204 g/mol. The van der Waals surface area contributed by atoms with E-state index in [1.165, 1.54) is 10.6 Å². The molecule has 0 bridgehead atoms. The molecule has 5 heteroatoms. The summed E-state index contributed by atoms with van der Waals surface area (Å²) in [7, 11) is -1.47. The first-order valence-corrected chi connectivity index (χ1v) is 6.20. The molecule has 4 nitrogen and oxygen atoms in total. The molecular formula is C8H16N2O2S. The molecular weight excluding hydrogens is 188 g/mol. The van der Waals surface area contributed by atoms with Gasteiger partial charge in [0.05, 0.1) is 12.3 Å². The molecule has 0 aliphatic heterocycles. The third-order valence-electron chi connectivity index (χ3n) is 2.67. The fourth-order valence-electron chi connectivity index (χ4n) is 1.80. The second-order valence-corrected chi connectivity index (χ2v) is 5.57. The minimum Gasteiger partial charge on any atom is -0.296 e. The summed E-state index contributed by atoms with van der Waals surface area (Å²) < 4.78 is 23.9. The Morgan fingerprint density at radius 1 is 1.46 bits per heavy atom. The number of nitrogens with zero attached hydrogens (tertiary/aromatic N) is 2. The van der Waals surface area contributed by atoms with Crippen LogP contribution >= 0.6 is 0 Å². The molecule has 0 aromatic heterocycles. The summed E-state index contributed by atoms with van der Waals surface area (Å²) >= 11 is 0. The average molecular weight is 204 g/mol. The molecule has 0 radical (unpaired) electrons. The first-order valence-electron chi connectivity index (χ1n) is 4.35. The maximum absolute atomic E-state index is 11.2. The molecule has 0 saturated heterocycles. The van der Waals surface area contributed by atoms with Crippen LogP contribution in [-0.4, -0.2) is 44.8 Å². The van der Waals surface area contributed by atoms with Gasteiger partial charge in [-0.1, -0.05) is 0 Å². The normalized spacial score (nSPS) is 29.5. The molecule has 0 heterocycles. The maximum Gasteiger partial charge on any atom is 0.211 e. The fourth-order valence-corrected chi connectivity index (χ4v) is 2.54. The highest BCUT2D eigenvalue weighted by Gasteiger charge is 2.33. The zero-order valence-electron chi connectivity index (χ0n) is 8.10. The van der Waals surface area contributed by atoms with Gasteiger partial charge < -0.3 is 0 Å². The van der Waals surface area contributed by atoms with E-state index in [9.17, 15) is 8.42 Å². The van der Waals surface area contributed by atoms with Crippen molar-refractivity contribution in [1.29, 1.82) is 0 Å². The SMILES string of the molecule is C=NC1CCCC1N(C)S(C)(=O)=O. The molecule has 0 amide bonds. The number of likely N-dealkylation sites (N-methyl/N-ethyl adjacent to an activating group) is 1. The van der Waals surface area contributed by atoms with E-state index in [2.05, 4.69) is 11.7 Å². The molecule has 1 aliphatic rings. The highest BCUT2D eigenvalue weighted by atomic mass is 32.2. The van der Waals surface area contributed by atoms with Crippen LogP contribution in [0.4, 0.5) is 0 Å². The van der Waals surface area contributed by atoms with Crippen LogP contribution in [0.2, 0.25) is 0 Å². The first-order chi connectivity index (χ1) is 5.96. The van der Waals surface area contributed by atoms with Crippen molar-refractivity contribution >= 4 is 16.7 Å². The number of hydrogen-bond acceptors (Lipinski definition) is 3. The lowest BCUT2D eigenvalue weighted by atomic mass is 10.2. The smallest absolute Gasteiger partial charge is 0.211 e. The van der Waals surface area contributed by atoms with Gasteiger partial charge >= 0.3 is 0 Å². The van der Waals surface area contributed by atoms with Crippen LogP contribution in [0.5, 0.6) is 0 Å². The topological polar surface area (TPSA) is 49.7 Å². The minimum absolute atomic E-state index is 0.0208. The van der Waals surface area contributed by atoms with Gasteiger partial charge in [-0.15, -0.1) is 0 Å². The molecule has 76 valence electrons. The average Bonchev–Trinajstić information content (AvgIpc) is 2.48. The van der Waals surface area contributed by atoms with Crippen LogP contribution in [-0.2, 0) is 10.0 Å². The summed E-state index contributed by atoms with van der Waals surface area (Å²) in [6, 6.07) is 0.104. The Bertz CT molecular complexity index is 287. The van der Waals surface area contributed by atoms with Gasteiger partial charge in [0, 0.05) is 13.1 Å². The Labute approximate surface area is 79.7 Å². The Balaban J connectivity index is 2.77. The summed E-state index contributed by atoms with van der Waals surface area (Å²) in [5.41, 5.74) is 0. The summed E-state index contributed by atoms with van der Waals surface area (Å²) in [6.07, 6.45) is 4.11. The zero-order chi connectivity index (χ0) is 10.1. The molecule has 2 atom stereocenters. The summed E-state index contributed by atoms with van der Waals surface area (Å²) in [6.45, 7) is 3.49. The largest absolute Gasteiger partial charge is 0.296 e. The van der Waals surface area contributed by atoms with E-state index in [0.717, 1.165) is 19.3 Å². The van der Waals surface area contributed by atoms with E-state index in [1.807, 2.05) is 0 Å². The summed E-state index contributed by atoms with van der Waals surface area (Å²) in [5, 5.41) is 0. The van der Waals surface area contributed by atoms with Crippen molar-refractivity contribution in [3.63, 3.8) is 0 Å². The van der Waals surface area contributed by atoms with Gasteiger partial charge in [-0.2, -0.15) is 0 Å². The molecule has 2 unspecified atom stereocenters. The molecule has 13 heavy (non-hydrogen) atoms. The van der Waals surface area contributed by atoms with E-state index in [4.69, 9.17) is 0 Å². The Hall–Kier alpha value is -0.420. The Morgan fingerprint density at radius 3 is 2.54 bits per heavy atom. The fraction of sp³-hybridized carbons (Fsp3) is 0.875. The van der Waals surface area contributed by atoms with Crippen LogP contribution in [0.15, 0.2) is 4.99 Å². The highest BCUT2D eigenvalue weighted by molar-refractivity contribution is 7.88. The van der Waals surface area contributed by atoms with E-state index < -0.39 is 10.0 Å². The lowest BCUT2D eigenvalue weighted by Crippen LogP contribution is -2.40. The highest BCUT2D eigenvalue weighted by Crippen LogP contribution is 2.26. The molecule has 0 aromatic rings. The molecule has 0 aromatic carbocycles. The lowest BCUT2D eigenvalue weighted by Gasteiger charge is -2.25. The maximum atomic E-state index is 11.2. The van der Waals surface area contributed by atoms with Gasteiger partial charge in [0.25, 0.3) is 0 Å². The molecule has 0 N–H and O–H groups in total. The number of hydrogen-bond donors (Lipinski definition) is 0. The molecule has 1 rings (SSSR count). The van der Waals surface area contributed by atoms with Crippen LogP contribution in [0.25, 0.3) is 0 Å². The predicted molar refractivity (Wildman–Crippen MR) is 53.6 cm³/mol.